The van der Waals surface area contributed by atoms with Crippen LogP contribution in [-0.4, -0.2) is 41.9 Å². The summed E-state index contributed by atoms with van der Waals surface area (Å²) >= 11 is 0. The van der Waals surface area contributed by atoms with Crippen molar-refractivity contribution in [1.82, 2.24) is 9.80 Å². The first kappa shape index (κ1) is 23.2. The molecule has 158 valence electrons. The number of amides is 1. The summed E-state index contributed by atoms with van der Waals surface area (Å²) in [4.78, 5) is 16.7. The normalized spacial score (nSPS) is 15.5. The van der Waals surface area contributed by atoms with Gasteiger partial charge in [0, 0.05) is 44.8 Å². The van der Waals surface area contributed by atoms with Crippen molar-refractivity contribution in [3.05, 3.63) is 70.8 Å². The number of hydrogen-bond acceptors (Lipinski definition) is 3. The number of hydrogen-bond donors (Lipinski definition) is 1. The van der Waals surface area contributed by atoms with E-state index in [-0.39, 0.29) is 18.3 Å². The van der Waals surface area contributed by atoms with Crippen molar-refractivity contribution in [2.45, 2.75) is 25.7 Å². The summed E-state index contributed by atoms with van der Waals surface area (Å²) in [5.41, 5.74) is 7.42. The van der Waals surface area contributed by atoms with Gasteiger partial charge in [-0.3, -0.25) is 9.69 Å². The number of rotatable bonds is 4. The van der Waals surface area contributed by atoms with Crippen LogP contribution in [0.4, 0.5) is 13.2 Å². The number of halogens is 4. The lowest BCUT2D eigenvalue weighted by Crippen LogP contribution is -2.35. The van der Waals surface area contributed by atoms with Gasteiger partial charge in [-0.25, -0.2) is 0 Å². The van der Waals surface area contributed by atoms with Crippen molar-refractivity contribution in [3.8, 4) is 0 Å². The zero-order valence-electron chi connectivity index (χ0n) is 16.0. The molecule has 0 bridgehead atoms. The quantitative estimate of drug-likeness (QED) is 0.804. The van der Waals surface area contributed by atoms with Gasteiger partial charge in [0.25, 0.3) is 5.91 Å². The van der Waals surface area contributed by atoms with E-state index in [1.165, 1.54) is 12.1 Å². The molecule has 3 rings (SSSR count). The average Bonchev–Trinajstić information content (AvgIpc) is 2.93. The minimum Gasteiger partial charge on any atom is -0.337 e. The van der Waals surface area contributed by atoms with Crippen molar-refractivity contribution < 1.29 is 18.0 Å². The number of nitrogens with two attached hydrogens (primary N) is 1. The van der Waals surface area contributed by atoms with Gasteiger partial charge in [-0.05, 0) is 41.8 Å². The molecule has 0 aliphatic carbocycles. The zero-order chi connectivity index (χ0) is 20.1. The molecule has 1 aliphatic rings. The molecule has 0 unspecified atom stereocenters. The Morgan fingerprint density at radius 3 is 2.10 bits per heavy atom. The van der Waals surface area contributed by atoms with Gasteiger partial charge < -0.3 is 10.6 Å². The van der Waals surface area contributed by atoms with E-state index in [0.717, 1.165) is 36.2 Å². The summed E-state index contributed by atoms with van der Waals surface area (Å²) in [5.74, 6) is -0.0000449. The van der Waals surface area contributed by atoms with Crippen LogP contribution in [0.5, 0.6) is 0 Å². The van der Waals surface area contributed by atoms with Crippen molar-refractivity contribution in [3.63, 3.8) is 0 Å². The lowest BCUT2D eigenvalue weighted by molar-refractivity contribution is -0.137. The first-order valence-corrected chi connectivity index (χ1v) is 9.33. The van der Waals surface area contributed by atoms with Crippen LogP contribution in [0.1, 0.15) is 33.5 Å². The smallest absolute Gasteiger partial charge is 0.337 e. The molecule has 29 heavy (non-hydrogen) atoms. The fourth-order valence-electron chi connectivity index (χ4n) is 3.36. The molecule has 0 aromatic heterocycles. The fraction of sp³-hybridized carbons (Fsp3) is 0.381. The molecule has 2 aromatic rings. The Labute approximate surface area is 174 Å². The van der Waals surface area contributed by atoms with Gasteiger partial charge in [0.2, 0.25) is 0 Å². The van der Waals surface area contributed by atoms with Crippen LogP contribution in [0, 0.1) is 0 Å². The van der Waals surface area contributed by atoms with E-state index in [1.807, 2.05) is 17.0 Å². The maximum atomic E-state index is 12.7. The highest BCUT2D eigenvalue weighted by molar-refractivity contribution is 5.94. The fourth-order valence-corrected chi connectivity index (χ4v) is 3.36. The highest BCUT2D eigenvalue weighted by atomic mass is 35.5. The first-order valence-electron chi connectivity index (χ1n) is 9.33. The maximum absolute atomic E-state index is 12.7. The van der Waals surface area contributed by atoms with Crippen molar-refractivity contribution in [2.24, 2.45) is 5.73 Å². The monoisotopic (exact) mass is 427 g/mol. The van der Waals surface area contributed by atoms with Gasteiger partial charge in [0.1, 0.15) is 0 Å². The molecular weight excluding hydrogens is 403 g/mol. The maximum Gasteiger partial charge on any atom is 0.416 e. The summed E-state index contributed by atoms with van der Waals surface area (Å²) in [7, 11) is 0. The van der Waals surface area contributed by atoms with Crippen molar-refractivity contribution in [2.75, 3.05) is 26.2 Å². The number of carbonyl (C=O) groups is 1. The standard InChI is InChI=1S/C21H24F3N3O.ClH/c22-21(23,24)19-8-4-17(5-9-19)15-26-10-1-11-27(13-12-26)20(28)18-6-2-16(14-25)3-7-18;/h2-9H,1,10-15,25H2;1H. The van der Waals surface area contributed by atoms with Gasteiger partial charge in [-0.1, -0.05) is 24.3 Å². The predicted molar refractivity (Wildman–Crippen MR) is 109 cm³/mol. The van der Waals surface area contributed by atoms with E-state index >= 15 is 0 Å². The van der Waals surface area contributed by atoms with Gasteiger partial charge in [-0.15, -0.1) is 12.4 Å². The Morgan fingerprint density at radius 2 is 1.52 bits per heavy atom. The molecule has 0 saturated carbocycles. The number of alkyl halides is 3. The van der Waals surface area contributed by atoms with Gasteiger partial charge in [-0.2, -0.15) is 13.2 Å². The summed E-state index contributed by atoms with van der Waals surface area (Å²) in [5, 5.41) is 0. The largest absolute Gasteiger partial charge is 0.416 e. The van der Waals surface area contributed by atoms with E-state index in [2.05, 4.69) is 4.90 Å². The summed E-state index contributed by atoms with van der Waals surface area (Å²) < 4.78 is 38.0. The topological polar surface area (TPSA) is 49.6 Å². The molecule has 0 spiro atoms. The van der Waals surface area contributed by atoms with E-state index in [4.69, 9.17) is 5.73 Å². The van der Waals surface area contributed by atoms with E-state index in [9.17, 15) is 18.0 Å². The number of carbonyl (C=O) groups excluding carboxylic acids is 1. The molecule has 4 nitrogen and oxygen atoms in total. The molecule has 1 fully saturated rings. The molecule has 2 N–H and O–H groups in total. The van der Waals surface area contributed by atoms with Gasteiger partial charge in [0.15, 0.2) is 0 Å². The Balaban J connectivity index is 0.00000300. The molecule has 0 radical (unpaired) electrons. The predicted octanol–water partition coefficient (Wildman–Crippen LogP) is 3.93. The molecule has 1 heterocycles. The third-order valence-electron chi connectivity index (χ3n) is 5.00. The highest BCUT2D eigenvalue weighted by Gasteiger charge is 2.30. The highest BCUT2D eigenvalue weighted by Crippen LogP contribution is 2.29. The van der Waals surface area contributed by atoms with Crippen molar-refractivity contribution in [1.29, 1.82) is 0 Å². The minimum absolute atomic E-state index is 0. The third kappa shape index (κ3) is 6.19. The van der Waals surface area contributed by atoms with Gasteiger partial charge >= 0.3 is 6.18 Å². The minimum atomic E-state index is -4.32. The van der Waals surface area contributed by atoms with Crippen LogP contribution in [0.25, 0.3) is 0 Å². The number of benzene rings is 2. The molecule has 1 aliphatic heterocycles. The van der Waals surface area contributed by atoms with Crippen molar-refractivity contribution >= 4 is 18.3 Å². The summed E-state index contributed by atoms with van der Waals surface area (Å²) in [6.45, 7) is 3.77. The molecule has 2 aromatic carbocycles. The van der Waals surface area contributed by atoms with E-state index < -0.39 is 11.7 Å². The van der Waals surface area contributed by atoms with Crippen LogP contribution in [0.2, 0.25) is 0 Å². The summed E-state index contributed by atoms with van der Waals surface area (Å²) in [6, 6.07) is 12.6. The zero-order valence-corrected chi connectivity index (χ0v) is 16.8. The molecule has 8 heteroatoms. The molecule has 0 atom stereocenters. The third-order valence-corrected chi connectivity index (χ3v) is 5.00. The lowest BCUT2D eigenvalue weighted by atomic mass is 10.1. The number of nitrogens with zero attached hydrogens (tertiary/aromatic N) is 2. The van der Waals surface area contributed by atoms with Crippen LogP contribution in [-0.2, 0) is 19.3 Å². The van der Waals surface area contributed by atoms with Crippen LogP contribution < -0.4 is 5.73 Å². The molecule has 1 saturated heterocycles. The SMILES string of the molecule is Cl.NCc1ccc(C(=O)N2CCCN(Cc3ccc(C(F)(F)F)cc3)CC2)cc1. The Hall–Kier alpha value is -2.09. The van der Waals surface area contributed by atoms with Crippen LogP contribution in [0.15, 0.2) is 48.5 Å². The second kappa shape index (κ2) is 10.1. The van der Waals surface area contributed by atoms with E-state index in [1.54, 1.807) is 12.1 Å². The Bertz CT molecular complexity index is 794. The summed E-state index contributed by atoms with van der Waals surface area (Å²) in [6.07, 6.45) is -3.49. The van der Waals surface area contributed by atoms with Crippen LogP contribution >= 0.6 is 12.4 Å². The second-order valence-electron chi connectivity index (χ2n) is 7.02. The molecular formula is C21H25ClF3N3O. The first-order chi connectivity index (χ1) is 13.4. The second-order valence-corrected chi connectivity index (χ2v) is 7.02. The average molecular weight is 428 g/mol. The van der Waals surface area contributed by atoms with Crippen LogP contribution in [0.3, 0.4) is 0 Å². The Morgan fingerprint density at radius 1 is 0.897 bits per heavy atom. The van der Waals surface area contributed by atoms with E-state index in [0.29, 0.717) is 38.3 Å². The molecule has 1 amide bonds. The Kier molecular flexibility index (Phi) is 8.07. The van der Waals surface area contributed by atoms with Gasteiger partial charge in [0.05, 0.1) is 5.56 Å². The lowest BCUT2D eigenvalue weighted by Gasteiger charge is -2.22.